The van der Waals surface area contributed by atoms with Crippen LogP contribution in [0.15, 0.2) is 40.9 Å². The van der Waals surface area contributed by atoms with Crippen LogP contribution in [0.3, 0.4) is 0 Å². The van der Waals surface area contributed by atoms with E-state index in [1.165, 1.54) is 30.3 Å². The summed E-state index contributed by atoms with van der Waals surface area (Å²) in [5.41, 5.74) is 0.731. The van der Waals surface area contributed by atoms with Crippen LogP contribution in [-0.4, -0.2) is 15.2 Å². The summed E-state index contributed by atoms with van der Waals surface area (Å²) in [5.74, 6) is -0.223. The van der Waals surface area contributed by atoms with Gasteiger partial charge in [0, 0.05) is 10.6 Å². The maximum absolute atomic E-state index is 13.0. The Kier molecular flexibility index (Phi) is 3.53. The average molecular weight is 325 g/mol. The molecule has 21 heavy (non-hydrogen) atoms. The number of rotatable bonds is 2. The standard InChI is InChI=1S/C14H7Cl2FN2O2/c15-7-1-4-12(20)10(5-7)14-18-13(19-21-14)9-3-2-8(17)6-11(9)16/h1-6,20H. The van der Waals surface area contributed by atoms with Gasteiger partial charge in [0.25, 0.3) is 5.89 Å². The van der Waals surface area contributed by atoms with Crippen LogP contribution < -0.4 is 0 Å². The summed E-state index contributed by atoms with van der Waals surface area (Å²) in [6, 6.07) is 8.31. The van der Waals surface area contributed by atoms with E-state index in [4.69, 9.17) is 27.7 Å². The minimum Gasteiger partial charge on any atom is -0.507 e. The molecule has 0 saturated heterocycles. The fraction of sp³-hybridized carbons (Fsp3) is 0. The van der Waals surface area contributed by atoms with Crippen molar-refractivity contribution in [2.24, 2.45) is 0 Å². The summed E-state index contributed by atoms with van der Waals surface area (Å²) in [6.07, 6.45) is 0. The fourth-order valence-corrected chi connectivity index (χ4v) is 2.22. The molecule has 0 saturated carbocycles. The van der Waals surface area contributed by atoms with Crippen LogP contribution in [-0.2, 0) is 0 Å². The molecule has 1 N–H and O–H groups in total. The maximum Gasteiger partial charge on any atom is 0.262 e. The number of benzene rings is 2. The number of aromatic hydroxyl groups is 1. The molecule has 0 aliphatic rings. The van der Waals surface area contributed by atoms with Crippen molar-refractivity contribution in [1.29, 1.82) is 0 Å². The Bertz CT molecular complexity index is 820. The van der Waals surface area contributed by atoms with Gasteiger partial charge in [0.2, 0.25) is 5.82 Å². The van der Waals surface area contributed by atoms with Gasteiger partial charge in [-0.2, -0.15) is 4.98 Å². The molecule has 106 valence electrons. The Morgan fingerprint density at radius 3 is 2.62 bits per heavy atom. The van der Waals surface area contributed by atoms with Gasteiger partial charge in [-0.3, -0.25) is 0 Å². The first kappa shape index (κ1) is 13.9. The predicted octanol–water partition coefficient (Wildman–Crippen LogP) is 4.56. The lowest BCUT2D eigenvalue weighted by atomic mass is 10.2. The smallest absolute Gasteiger partial charge is 0.262 e. The highest BCUT2D eigenvalue weighted by molar-refractivity contribution is 6.33. The van der Waals surface area contributed by atoms with E-state index in [0.29, 0.717) is 16.1 Å². The third-order valence-electron chi connectivity index (χ3n) is 2.79. The van der Waals surface area contributed by atoms with E-state index in [1.54, 1.807) is 0 Å². The molecule has 0 bridgehead atoms. The minimum absolute atomic E-state index is 0.0418. The largest absolute Gasteiger partial charge is 0.507 e. The lowest BCUT2D eigenvalue weighted by Gasteiger charge is -1.99. The molecule has 4 nitrogen and oxygen atoms in total. The van der Waals surface area contributed by atoms with Gasteiger partial charge in [-0.05, 0) is 36.4 Å². The normalized spacial score (nSPS) is 10.8. The van der Waals surface area contributed by atoms with Crippen LogP contribution in [0.2, 0.25) is 10.0 Å². The van der Waals surface area contributed by atoms with E-state index in [2.05, 4.69) is 10.1 Å². The van der Waals surface area contributed by atoms with Gasteiger partial charge in [-0.15, -0.1) is 0 Å². The summed E-state index contributed by atoms with van der Waals surface area (Å²) in [7, 11) is 0. The quantitative estimate of drug-likeness (QED) is 0.751. The van der Waals surface area contributed by atoms with Crippen molar-refractivity contribution in [1.82, 2.24) is 10.1 Å². The molecule has 0 fully saturated rings. The Morgan fingerprint density at radius 1 is 1.05 bits per heavy atom. The molecule has 2 aromatic carbocycles. The van der Waals surface area contributed by atoms with Crippen LogP contribution in [0.4, 0.5) is 4.39 Å². The highest BCUT2D eigenvalue weighted by Crippen LogP contribution is 2.33. The summed E-state index contributed by atoms with van der Waals surface area (Å²) in [6.45, 7) is 0. The van der Waals surface area contributed by atoms with Crippen molar-refractivity contribution >= 4 is 23.2 Å². The van der Waals surface area contributed by atoms with Crippen molar-refractivity contribution in [3.8, 4) is 28.6 Å². The van der Waals surface area contributed by atoms with E-state index in [-0.39, 0.29) is 22.5 Å². The maximum atomic E-state index is 13.0. The van der Waals surface area contributed by atoms with Gasteiger partial charge in [-0.1, -0.05) is 28.4 Å². The van der Waals surface area contributed by atoms with E-state index in [9.17, 15) is 9.50 Å². The second kappa shape index (κ2) is 5.35. The molecule has 3 aromatic rings. The molecule has 0 radical (unpaired) electrons. The van der Waals surface area contributed by atoms with Gasteiger partial charge in [-0.25, -0.2) is 4.39 Å². The molecule has 0 unspecified atom stereocenters. The first-order chi connectivity index (χ1) is 10.0. The first-order valence-corrected chi connectivity index (χ1v) is 6.58. The molecule has 1 heterocycles. The lowest BCUT2D eigenvalue weighted by molar-refractivity contribution is 0.425. The number of aromatic nitrogens is 2. The van der Waals surface area contributed by atoms with Crippen molar-refractivity contribution in [3.05, 3.63) is 52.3 Å². The predicted molar refractivity (Wildman–Crippen MR) is 76.8 cm³/mol. The third-order valence-corrected chi connectivity index (χ3v) is 3.33. The number of phenolic OH excluding ortho intramolecular Hbond substituents is 1. The molecule has 0 atom stereocenters. The van der Waals surface area contributed by atoms with E-state index < -0.39 is 5.82 Å². The van der Waals surface area contributed by atoms with Crippen molar-refractivity contribution in [2.75, 3.05) is 0 Å². The second-order valence-corrected chi connectivity index (χ2v) is 5.05. The van der Waals surface area contributed by atoms with Crippen LogP contribution in [0, 0.1) is 5.82 Å². The molecule has 0 aliphatic carbocycles. The molecular formula is C14H7Cl2FN2O2. The van der Waals surface area contributed by atoms with Crippen LogP contribution in [0.25, 0.3) is 22.8 Å². The molecule has 7 heteroatoms. The van der Waals surface area contributed by atoms with Crippen LogP contribution >= 0.6 is 23.2 Å². The Morgan fingerprint density at radius 2 is 1.86 bits per heavy atom. The molecule has 3 rings (SSSR count). The highest BCUT2D eigenvalue weighted by atomic mass is 35.5. The summed E-state index contributed by atoms with van der Waals surface area (Å²) < 4.78 is 18.1. The molecular weight excluding hydrogens is 318 g/mol. The monoisotopic (exact) mass is 324 g/mol. The van der Waals surface area contributed by atoms with Gasteiger partial charge in [0.15, 0.2) is 0 Å². The van der Waals surface area contributed by atoms with E-state index >= 15 is 0 Å². The SMILES string of the molecule is Oc1ccc(Cl)cc1-c1nc(-c2ccc(F)cc2Cl)no1. The number of hydrogen-bond donors (Lipinski definition) is 1. The van der Waals surface area contributed by atoms with Crippen LogP contribution in [0.5, 0.6) is 5.75 Å². The van der Waals surface area contributed by atoms with Gasteiger partial charge in [0.1, 0.15) is 11.6 Å². The first-order valence-electron chi connectivity index (χ1n) is 5.82. The topological polar surface area (TPSA) is 59.2 Å². The number of nitrogens with zero attached hydrogens (tertiary/aromatic N) is 2. The number of phenols is 1. The second-order valence-electron chi connectivity index (χ2n) is 4.21. The average Bonchev–Trinajstić information content (AvgIpc) is 2.91. The Balaban J connectivity index is 2.06. The zero-order valence-corrected chi connectivity index (χ0v) is 11.9. The van der Waals surface area contributed by atoms with E-state index in [0.717, 1.165) is 6.07 Å². The van der Waals surface area contributed by atoms with Crippen molar-refractivity contribution in [3.63, 3.8) is 0 Å². The molecule has 0 aliphatic heterocycles. The van der Waals surface area contributed by atoms with Gasteiger partial charge >= 0.3 is 0 Å². The van der Waals surface area contributed by atoms with Gasteiger partial charge in [0.05, 0.1) is 10.6 Å². The molecule has 0 spiro atoms. The fourth-order valence-electron chi connectivity index (χ4n) is 1.79. The van der Waals surface area contributed by atoms with Gasteiger partial charge < -0.3 is 9.63 Å². The van der Waals surface area contributed by atoms with Crippen molar-refractivity contribution in [2.45, 2.75) is 0 Å². The molecule has 0 amide bonds. The van der Waals surface area contributed by atoms with Crippen LogP contribution in [0.1, 0.15) is 0 Å². The summed E-state index contributed by atoms with van der Waals surface area (Å²) in [4.78, 5) is 4.14. The van der Waals surface area contributed by atoms with E-state index in [1.807, 2.05) is 0 Å². The zero-order valence-electron chi connectivity index (χ0n) is 10.3. The summed E-state index contributed by atoms with van der Waals surface area (Å²) >= 11 is 11.8. The Hall–Kier alpha value is -2.11. The summed E-state index contributed by atoms with van der Waals surface area (Å²) in [5, 5.41) is 14.2. The highest BCUT2D eigenvalue weighted by Gasteiger charge is 2.16. The third kappa shape index (κ3) is 2.70. The number of hydrogen-bond acceptors (Lipinski definition) is 4. The minimum atomic E-state index is -0.458. The van der Waals surface area contributed by atoms with Crippen molar-refractivity contribution < 1.29 is 14.0 Å². The molecule has 1 aromatic heterocycles. The Labute approximate surface area is 128 Å². The zero-order chi connectivity index (χ0) is 15.0. The number of halogens is 3. The lowest BCUT2D eigenvalue weighted by Crippen LogP contribution is -1.84.